The van der Waals surface area contributed by atoms with E-state index in [1.54, 1.807) is 14.2 Å². The zero-order valence-corrected chi connectivity index (χ0v) is 29.3. The van der Waals surface area contributed by atoms with Crippen molar-refractivity contribution in [3.8, 4) is 45.3 Å². The van der Waals surface area contributed by atoms with Crippen LogP contribution in [-0.4, -0.2) is 29.7 Å². The summed E-state index contributed by atoms with van der Waals surface area (Å²) in [7, 11) is 3.27. The van der Waals surface area contributed by atoms with Gasteiger partial charge in [-0.15, -0.1) is 0 Å². The third-order valence-corrected chi connectivity index (χ3v) is 9.50. The molecule has 1 aromatic heterocycles. The van der Waals surface area contributed by atoms with Crippen molar-refractivity contribution >= 4 is 28.8 Å². The number of ether oxygens (including phenoxy) is 2. The quantitative estimate of drug-likeness (QED) is 0.153. The zero-order chi connectivity index (χ0) is 36.3. The molecule has 1 aliphatic heterocycles. The Morgan fingerprint density at radius 2 is 0.981 bits per heavy atom. The molecule has 1 N–H and O–H groups in total. The molecule has 0 unspecified atom stereocenters. The summed E-state index contributed by atoms with van der Waals surface area (Å²) in [5, 5.41) is 12.6. The topological polar surface area (TPSA) is 63.9 Å². The highest BCUT2D eigenvalue weighted by Gasteiger charge is 2.38. The van der Waals surface area contributed by atoms with Crippen molar-refractivity contribution in [1.82, 2.24) is 4.57 Å². The van der Waals surface area contributed by atoms with Gasteiger partial charge in [-0.3, -0.25) is 4.79 Å². The van der Waals surface area contributed by atoms with Crippen LogP contribution in [0.15, 0.2) is 176 Å². The normalized spacial score (nSPS) is 13.5. The number of hydrogen-bond donors (Lipinski definition) is 1. The van der Waals surface area contributed by atoms with Crippen LogP contribution in [-0.2, 0) is 4.79 Å². The molecule has 258 valence electrons. The van der Waals surface area contributed by atoms with Gasteiger partial charge in [0.15, 0.2) is 0 Å². The zero-order valence-electron chi connectivity index (χ0n) is 29.3. The first-order valence-electron chi connectivity index (χ1n) is 17.4. The summed E-state index contributed by atoms with van der Waals surface area (Å²) in [4.78, 5) is 17.2. The lowest BCUT2D eigenvalue weighted by atomic mass is 9.98. The van der Waals surface area contributed by atoms with Gasteiger partial charge in [-0.2, -0.15) is 0 Å². The Kier molecular flexibility index (Phi) is 8.93. The number of carbonyl (C=O) groups is 1. The number of allylic oxidation sites excluding steroid dienone is 1. The molecule has 6 aromatic carbocycles. The molecule has 8 rings (SSSR count). The molecule has 0 amide bonds. The van der Waals surface area contributed by atoms with Crippen LogP contribution in [0.1, 0.15) is 16.8 Å². The van der Waals surface area contributed by atoms with Crippen LogP contribution < -0.4 is 14.4 Å². The Bertz CT molecular complexity index is 2450. The maximum Gasteiger partial charge on any atom is 0.212 e. The average molecular weight is 693 g/mol. The van der Waals surface area contributed by atoms with Crippen molar-refractivity contribution in [2.45, 2.75) is 0 Å². The number of ketones is 1. The van der Waals surface area contributed by atoms with Gasteiger partial charge < -0.3 is 24.0 Å². The first kappa shape index (κ1) is 33.1. The van der Waals surface area contributed by atoms with E-state index in [1.807, 2.05) is 185 Å². The Morgan fingerprint density at radius 1 is 0.528 bits per heavy atom. The third-order valence-electron chi connectivity index (χ3n) is 9.50. The number of Topliss-reactive ketones (excluding diaryl/α,β-unsaturated/α-hetero) is 1. The largest absolute Gasteiger partial charge is 0.505 e. The predicted octanol–water partition coefficient (Wildman–Crippen LogP) is 10.5. The second kappa shape index (κ2) is 14.3. The van der Waals surface area contributed by atoms with Gasteiger partial charge in [-0.1, -0.05) is 121 Å². The van der Waals surface area contributed by atoms with Crippen LogP contribution in [0.4, 0.5) is 5.69 Å². The molecular formula is C47H36N2O4. The monoisotopic (exact) mass is 692 g/mol. The van der Waals surface area contributed by atoms with Gasteiger partial charge in [0.1, 0.15) is 17.2 Å². The van der Waals surface area contributed by atoms with Gasteiger partial charge >= 0.3 is 0 Å². The summed E-state index contributed by atoms with van der Waals surface area (Å²) in [6, 6.07) is 54.9. The summed E-state index contributed by atoms with van der Waals surface area (Å²) in [5.41, 5.74) is 8.55. The van der Waals surface area contributed by atoms with Gasteiger partial charge in [0.25, 0.3) is 0 Å². The number of hydrogen-bond acceptors (Lipinski definition) is 5. The van der Waals surface area contributed by atoms with Crippen molar-refractivity contribution < 1.29 is 19.4 Å². The molecular weight excluding hydrogens is 657 g/mol. The molecule has 1 aliphatic rings. The summed E-state index contributed by atoms with van der Waals surface area (Å²) in [6.07, 6.45) is 1.82. The van der Waals surface area contributed by atoms with E-state index in [4.69, 9.17) is 9.47 Å². The summed E-state index contributed by atoms with van der Waals surface area (Å²) in [6.45, 7) is 0. The van der Waals surface area contributed by atoms with E-state index in [0.29, 0.717) is 34.0 Å². The molecule has 6 heteroatoms. The molecule has 0 saturated heterocycles. The van der Waals surface area contributed by atoms with Crippen LogP contribution in [0.2, 0.25) is 0 Å². The maximum absolute atomic E-state index is 15.2. The van der Waals surface area contributed by atoms with Gasteiger partial charge in [0.2, 0.25) is 5.78 Å². The molecule has 0 aliphatic carbocycles. The number of methoxy groups -OCH3 is 2. The van der Waals surface area contributed by atoms with Crippen molar-refractivity contribution in [1.29, 1.82) is 0 Å². The van der Waals surface area contributed by atoms with Crippen LogP contribution in [0.3, 0.4) is 0 Å². The molecule has 0 spiro atoms. The first-order valence-corrected chi connectivity index (χ1v) is 17.4. The Balaban J connectivity index is 1.47. The first-order chi connectivity index (χ1) is 26.1. The van der Waals surface area contributed by atoms with E-state index in [1.165, 1.54) is 0 Å². The van der Waals surface area contributed by atoms with E-state index in [-0.39, 0.29) is 11.5 Å². The second-order valence-electron chi connectivity index (χ2n) is 12.6. The average Bonchev–Trinajstić information content (AvgIpc) is 3.69. The number of benzene rings is 6. The standard InChI is InChI=1S/C47H36N2O4/c1-52-38-27-23-36(24-28-38)48-40(46(50)42(32-15-7-3-8-16-32)44(48)34-19-11-5-12-20-34)31-41-47(51)43(33-17-9-4-10-18-33)45(35-21-13-6-14-22-35)49(41)37-25-29-39(53-2)30-26-37/h3-31,50H,1-2H3. The van der Waals surface area contributed by atoms with Crippen molar-refractivity contribution in [2.75, 3.05) is 19.1 Å². The number of carbonyl (C=O) groups excluding carboxylic acids is 1. The van der Waals surface area contributed by atoms with Gasteiger partial charge in [0.05, 0.1) is 48.1 Å². The van der Waals surface area contributed by atoms with Crippen LogP contribution in [0.25, 0.3) is 45.4 Å². The van der Waals surface area contributed by atoms with Crippen LogP contribution >= 0.6 is 0 Å². The molecule has 2 heterocycles. The van der Waals surface area contributed by atoms with Crippen LogP contribution in [0.5, 0.6) is 17.2 Å². The molecule has 6 nitrogen and oxygen atoms in total. The SMILES string of the molecule is COc1ccc(N2C(=Cc3c(O)c(-c4ccccc4)c(-c4ccccc4)n3-c3ccc(OC)cc3)C(=O)C(c3ccccc3)=C2c2ccccc2)cc1. The van der Waals surface area contributed by atoms with E-state index in [9.17, 15) is 5.11 Å². The fourth-order valence-electron chi connectivity index (χ4n) is 7.03. The van der Waals surface area contributed by atoms with E-state index >= 15 is 4.79 Å². The number of aromatic hydroxyl groups is 1. The number of aromatic nitrogens is 1. The number of anilines is 1. The minimum absolute atomic E-state index is 0.0512. The maximum atomic E-state index is 15.2. The lowest BCUT2D eigenvalue weighted by Gasteiger charge is -2.25. The molecule has 0 atom stereocenters. The smallest absolute Gasteiger partial charge is 0.212 e. The lowest BCUT2D eigenvalue weighted by Crippen LogP contribution is -2.19. The molecule has 7 aromatic rings. The van der Waals surface area contributed by atoms with E-state index in [2.05, 4.69) is 0 Å². The second-order valence-corrected chi connectivity index (χ2v) is 12.6. The van der Waals surface area contributed by atoms with Crippen molar-refractivity contribution in [3.05, 3.63) is 192 Å². The molecule has 53 heavy (non-hydrogen) atoms. The highest BCUT2D eigenvalue weighted by molar-refractivity contribution is 6.42. The Labute approximate surface area is 308 Å². The van der Waals surface area contributed by atoms with E-state index < -0.39 is 0 Å². The van der Waals surface area contributed by atoms with E-state index in [0.717, 1.165) is 45.0 Å². The minimum Gasteiger partial charge on any atom is -0.505 e. The lowest BCUT2D eigenvalue weighted by molar-refractivity contribution is -0.110. The fraction of sp³-hybridized carbons (Fsp3) is 0.0426. The number of rotatable bonds is 9. The minimum atomic E-state index is -0.171. The van der Waals surface area contributed by atoms with Crippen molar-refractivity contribution in [3.63, 3.8) is 0 Å². The highest BCUT2D eigenvalue weighted by Crippen LogP contribution is 2.49. The van der Waals surface area contributed by atoms with Crippen molar-refractivity contribution in [2.24, 2.45) is 0 Å². The van der Waals surface area contributed by atoms with Gasteiger partial charge in [-0.05, 0) is 76.9 Å². The fourth-order valence-corrected chi connectivity index (χ4v) is 7.03. The molecule has 0 bridgehead atoms. The summed E-state index contributed by atoms with van der Waals surface area (Å²) >= 11 is 0. The third kappa shape index (κ3) is 6.06. The Morgan fingerprint density at radius 3 is 1.49 bits per heavy atom. The summed E-state index contributed by atoms with van der Waals surface area (Å²) in [5.74, 6) is 1.28. The molecule has 0 radical (unpaired) electrons. The molecule has 0 saturated carbocycles. The Hall–Kier alpha value is -7.05. The van der Waals surface area contributed by atoms with Gasteiger partial charge in [0, 0.05) is 11.4 Å². The highest BCUT2D eigenvalue weighted by atomic mass is 16.5. The van der Waals surface area contributed by atoms with Crippen LogP contribution in [0, 0.1) is 0 Å². The molecule has 0 fully saturated rings. The summed E-state index contributed by atoms with van der Waals surface area (Å²) < 4.78 is 13.1. The number of nitrogens with zero attached hydrogens (tertiary/aromatic N) is 2. The predicted molar refractivity (Wildman–Crippen MR) is 213 cm³/mol. The van der Waals surface area contributed by atoms with Gasteiger partial charge in [-0.25, -0.2) is 0 Å².